The Balaban J connectivity index is 1.67. The number of hydrogen-bond donors (Lipinski definition) is 1. The van der Waals surface area contributed by atoms with E-state index in [-0.39, 0.29) is 23.3 Å². The molecule has 6 heteroatoms. The summed E-state index contributed by atoms with van der Waals surface area (Å²) in [4.78, 5) is 29.8. The maximum atomic E-state index is 12.2. The second kappa shape index (κ2) is 5.61. The number of fused-ring (bicyclic) bond motifs is 1. The fourth-order valence-corrected chi connectivity index (χ4v) is 3.35. The summed E-state index contributed by atoms with van der Waals surface area (Å²) in [6.45, 7) is 4.44. The highest BCUT2D eigenvalue weighted by atomic mass is 16.2. The molecule has 0 spiro atoms. The molecule has 6 nitrogen and oxygen atoms in total. The predicted molar refractivity (Wildman–Crippen MR) is 88.8 cm³/mol. The smallest absolute Gasteiger partial charge is 0.223 e. The highest BCUT2D eigenvalue weighted by Gasteiger charge is 2.37. The topological polar surface area (TPSA) is 80.7 Å². The van der Waals surface area contributed by atoms with Crippen LogP contribution in [-0.4, -0.2) is 25.8 Å². The van der Waals surface area contributed by atoms with E-state index >= 15 is 0 Å². The first-order chi connectivity index (χ1) is 11.5. The van der Waals surface area contributed by atoms with Crippen molar-refractivity contribution in [1.82, 2.24) is 25.3 Å². The molecule has 0 bridgehead atoms. The first kappa shape index (κ1) is 15.2. The quantitative estimate of drug-likeness (QED) is 0.938. The van der Waals surface area contributed by atoms with Gasteiger partial charge in [-0.1, -0.05) is 13.8 Å². The second-order valence-corrected chi connectivity index (χ2v) is 7.57. The summed E-state index contributed by atoms with van der Waals surface area (Å²) < 4.78 is 0. The molecular weight excluding hydrogens is 302 g/mol. The lowest BCUT2D eigenvalue weighted by Gasteiger charge is -2.36. The van der Waals surface area contributed by atoms with Crippen LogP contribution in [0.2, 0.25) is 0 Å². The molecule has 0 aromatic carbocycles. The van der Waals surface area contributed by atoms with Gasteiger partial charge >= 0.3 is 0 Å². The lowest BCUT2D eigenvalue weighted by molar-refractivity contribution is -0.123. The fourth-order valence-electron chi connectivity index (χ4n) is 3.35. The third-order valence-corrected chi connectivity index (χ3v) is 4.74. The van der Waals surface area contributed by atoms with Gasteiger partial charge in [0, 0.05) is 30.1 Å². The number of carbonyl (C=O) groups excluding carboxylic acids is 1. The zero-order valence-electron chi connectivity index (χ0n) is 14.0. The minimum atomic E-state index is -0.00671. The van der Waals surface area contributed by atoms with Gasteiger partial charge in [0.2, 0.25) is 5.91 Å². The van der Waals surface area contributed by atoms with Gasteiger partial charge in [0.25, 0.3) is 0 Å². The van der Waals surface area contributed by atoms with Crippen molar-refractivity contribution < 1.29 is 4.79 Å². The molecule has 2 heterocycles. The van der Waals surface area contributed by atoms with Crippen molar-refractivity contribution in [2.45, 2.75) is 45.6 Å². The Morgan fingerprint density at radius 1 is 1.21 bits per heavy atom. The van der Waals surface area contributed by atoms with Crippen LogP contribution in [0.1, 0.15) is 50.4 Å². The van der Waals surface area contributed by atoms with Crippen LogP contribution in [0, 0.1) is 11.3 Å². The van der Waals surface area contributed by atoms with Crippen LogP contribution < -0.4 is 5.32 Å². The van der Waals surface area contributed by atoms with E-state index in [2.05, 4.69) is 34.1 Å². The predicted octanol–water partition coefficient (Wildman–Crippen LogP) is 2.47. The molecule has 0 radical (unpaired) electrons. The van der Waals surface area contributed by atoms with E-state index < -0.39 is 0 Å². The van der Waals surface area contributed by atoms with Crippen LogP contribution >= 0.6 is 0 Å². The van der Waals surface area contributed by atoms with Gasteiger partial charge in [0.05, 0.1) is 17.9 Å². The van der Waals surface area contributed by atoms with Gasteiger partial charge in [-0.2, -0.15) is 0 Å². The first-order valence-electron chi connectivity index (χ1n) is 8.44. The van der Waals surface area contributed by atoms with Crippen molar-refractivity contribution >= 4 is 5.91 Å². The third-order valence-electron chi connectivity index (χ3n) is 4.74. The van der Waals surface area contributed by atoms with Crippen molar-refractivity contribution in [3.8, 4) is 11.5 Å². The molecule has 1 N–H and O–H groups in total. The zero-order valence-corrected chi connectivity index (χ0v) is 14.0. The van der Waals surface area contributed by atoms with Gasteiger partial charge < -0.3 is 5.32 Å². The third kappa shape index (κ3) is 3.00. The minimum Gasteiger partial charge on any atom is -0.349 e. The molecule has 2 aromatic heterocycles. The molecule has 2 aromatic rings. The van der Waals surface area contributed by atoms with Crippen LogP contribution in [0.5, 0.6) is 0 Å². The maximum absolute atomic E-state index is 12.2. The Hall–Kier alpha value is -2.37. The Labute approximate surface area is 141 Å². The SMILES string of the molecule is CC1(C)Cc2nc(-c3cnccn3)ncc2C(NC(=O)C2CC2)C1. The molecular formula is C18H21N5O. The highest BCUT2D eigenvalue weighted by Crippen LogP contribution is 2.41. The van der Waals surface area contributed by atoms with Gasteiger partial charge in [-0.15, -0.1) is 0 Å². The second-order valence-electron chi connectivity index (χ2n) is 7.57. The Morgan fingerprint density at radius 3 is 2.75 bits per heavy atom. The molecule has 2 aliphatic carbocycles. The molecule has 2 aliphatic rings. The fraction of sp³-hybridized carbons (Fsp3) is 0.500. The molecule has 1 fully saturated rings. The average Bonchev–Trinajstić information content (AvgIpc) is 3.39. The summed E-state index contributed by atoms with van der Waals surface area (Å²) in [7, 11) is 0. The van der Waals surface area contributed by atoms with Gasteiger partial charge in [0.1, 0.15) is 5.69 Å². The summed E-state index contributed by atoms with van der Waals surface area (Å²) in [5.74, 6) is 0.965. The van der Waals surface area contributed by atoms with Gasteiger partial charge in [0.15, 0.2) is 5.82 Å². The normalized spacial score (nSPS) is 21.8. The Kier molecular flexibility index (Phi) is 3.55. The molecule has 0 aliphatic heterocycles. The molecule has 4 rings (SSSR count). The average molecular weight is 323 g/mol. The first-order valence-corrected chi connectivity index (χ1v) is 8.44. The number of hydrogen-bond acceptors (Lipinski definition) is 5. The van der Waals surface area contributed by atoms with Crippen LogP contribution in [0.25, 0.3) is 11.5 Å². The van der Waals surface area contributed by atoms with E-state index in [0.29, 0.717) is 11.5 Å². The van der Waals surface area contributed by atoms with Crippen molar-refractivity contribution in [2.24, 2.45) is 11.3 Å². The van der Waals surface area contributed by atoms with Crippen LogP contribution in [0.3, 0.4) is 0 Å². The van der Waals surface area contributed by atoms with E-state index in [1.807, 2.05) is 6.20 Å². The minimum absolute atomic E-state index is 0.00671. The molecule has 1 unspecified atom stereocenters. The number of rotatable bonds is 3. The molecule has 124 valence electrons. The molecule has 0 saturated heterocycles. The van der Waals surface area contributed by atoms with E-state index in [0.717, 1.165) is 36.9 Å². The Bertz CT molecular complexity index is 770. The molecule has 1 atom stereocenters. The largest absolute Gasteiger partial charge is 0.349 e. The monoisotopic (exact) mass is 323 g/mol. The van der Waals surface area contributed by atoms with Crippen LogP contribution in [0.4, 0.5) is 0 Å². The van der Waals surface area contributed by atoms with Crippen molar-refractivity contribution in [3.63, 3.8) is 0 Å². The van der Waals surface area contributed by atoms with Gasteiger partial charge in [-0.3, -0.25) is 9.78 Å². The van der Waals surface area contributed by atoms with Crippen molar-refractivity contribution in [1.29, 1.82) is 0 Å². The summed E-state index contributed by atoms with van der Waals surface area (Å²) >= 11 is 0. The molecule has 1 amide bonds. The lowest BCUT2D eigenvalue weighted by atomic mass is 9.74. The van der Waals surface area contributed by atoms with E-state index in [1.54, 1.807) is 18.6 Å². The van der Waals surface area contributed by atoms with Crippen LogP contribution in [-0.2, 0) is 11.2 Å². The summed E-state index contributed by atoms with van der Waals surface area (Å²) in [6, 6.07) is -0.00671. The van der Waals surface area contributed by atoms with Crippen molar-refractivity contribution in [3.05, 3.63) is 36.0 Å². The van der Waals surface area contributed by atoms with E-state index in [4.69, 9.17) is 4.98 Å². The summed E-state index contributed by atoms with van der Waals surface area (Å²) in [6.07, 6.45) is 10.6. The van der Waals surface area contributed by atoms with Crippen LogP contribution in [0.15, 0.2) is 24.8 Å². The van der Waals surface area contributed by atoms with Crippen molar-refractivity contribution in [2.75, 3.05) is 0 Å². The summed E-state index contributed by atoms with van der Waals surface area (Å²) in [5.41, 5.74) is 2.80. The Morgan fingerprint density at radius 2 is 2.04 bits per heavy atom. The molecule has 24 heavy (non-hydrogen) atoms. The van der Waals surface area contributed by atoms with E-state index in [9.17, 15) is 4.79 Å². The summed E-state index contributed by atoms with van der Waals surface area (Å²) in [5, 5.41) is 3.20. The lowest BCUT2D eigenvalue weighted by Crippen LogP contribution is -2.37. The number of amides is 1. The number of nitrogens with one attached hydrogen (secondary N) is 1. The van der Waals surface area contributed by atoms with E-state index in [1.165, 1.54) is 0 Å². The van der Waals surface area contributed by atoms with Gasteiger partial charge in [-0.05, 0) is 31.1 Å². The standard InChI is InChI=1S/C18H21N5O/c1-18(2)7-13-12(14(8-18)23-17(24)11-3-4-11)9-21-16(22-13)15-10-19-5-6-20-15/h5-6,9-11,14H,3-4,7-8H2,1-2H3,(H,23,24). The molecule has 1 saturated carbocycles. The number of nitrogens with zero attached hydrogens (tertiary/aromatic N) is 4. The zero-order chi connectivity index (χ0) is 16.7. The number of aromatic nitrogens is 4. The number of carbonyl (C=O) groups is 1. The van der Waals surface area contributed by atoms with Gasteiger partial charge in [-0.25, -0.2) is 15.0 Å². The maximum Gasteiger partial charge on any atom is 0.223 e. The highest BCUT2D eigenvalue weighted by molar-refractivity contribution is 5.81.